The van der Waals surface area contributed by atoms with Crippen molar-refractivity contribution in [2.75, 3.05) is 13.2 Å². The van der Waals surface area contributed by atoms with E-state index in [9.17, 15) is 9.90 Å². The quantitative estimate of drug-likeness (QED) is 0.789. The lowest BCUT2D eigenvalue weighted by atomic mass is 10.2. The summed E-state index contributed by atoms with van der Waals surface area (Å²) in [5.74, 6) is 0.0218. The fourth-order valence-corrected chi connectivity index (χ4v) is 4.54. The van der Waals surface area contributed by atoms with Gasteiger partial charge in [0.2, 0.25) is 0 Å². The average molecular weight is 307 g/mol. The Morgan fingerprint density at radius 1 is 1.55 bits per heavy atom. The highest BCUT2D eigenvalue weighted by molar-refractivity contribution is 7.21. The van der Waals surface area contributed by atoms with Gasteiger partial charge in [-0.05, 0) is 18.9 Å². The van der Waals surface area contributed by atoms with Crippen molar-refractivity contribution in [1.82, 2.24) is 14.3 Å². The Kier molecular flexibility index (Phi) is 2.80. The largest absolute Gasteiger partial charge is 0.394 e. The number of aromatic nitrogens is 2. The summed E-state index contributed by atoms with van der Waals surface area (Å²) in [6, 6.07) is 1.89. The third kappa shape index (κ3) is 1.70. The molecule has 0 radical (unpaired) electrons. The number of nitrogens with zero attached hydrogens (tertiary/aromatic N) is 3. The highest BCUT2D eigenvalue weighted by atomic mass is 32.1. The number of fused-ring (bicyclic) bond motifs is 3. The van der Waals surface area contributed by atoms with Crippen molar-refractivity contribution >= 4 is 43.9 Å². The van der Waals surface area contributed by atoms with Gasteiger partial charge >= 0.3 is 0 Å². The zero-order valence-corrected chi connectivity index (χ0v) is 12.3. The molecule has 3 aromatic heterocycles. The minimum absolute atomic E-state index is 0.0218. The molecule has 1 N–H and O–H groups in total. The molecule has 1 amide bonds. The molecule has 7 heteroatoms. The van der Waals surface area contributed by atoms with Gasteiger partial charge in [-0.15, -0.1) is 22.7 Å². The maximum absolute atomic E-state index is 12.5. The van der Waals surface area contributed by atoms with Gasteiger partial charge in [-0.3, -0.25) is 9.20 Å². The lowest BCUT2D eigenvalue weighted by Gasteiger charge is -2.22. The van der Waals surface area contributed by atoms with Crippen LogP contribution in [0.4, 0.5) is 0 Å². The number of thiazole rings is 1. The number of amides is 1. The molecular weight excluding hydrogens is 294 g/mol. The summed E-state index contributed by atoms with van der Waals surface area (Å²) in [5, 5.41) is 11.3. The van der Waals surface area contributed by atoms with E-state index in [-0.39, 0.29) is 18.6 Å². The van der Waals surface area contributed by atoms with E-state index in [0.29, 0.717) is 4.88 Å². The second-order valence-electron chi connectivity index (χ2n) is 4.95. The summed E-state index contributed by atoms with van der Waals surface area (Å²) in [6.45, 7) is 0.783. The molecule has 20 heavy (non-hydrogen) atoms. The van der Waals surface area contributed by atoms with Crippen molar-refractivity contribution in [3.63, 3.8) is 0 Å². The predicted octanol–water partition coefficient (Wildman–Crippen LogP) is 2.21. The minimum Gasteiger partial charge on any atom is -0.394 e. The highest BCUT2D eigenvalue weighted by Gasteiger charge is 2.30. The van der Waals surface area contributed by atoms with Crippen LogP contribution in [0.25, 0.3) is 15.3 Å². The van der Waals surface area contributed by atoms with Crippen molar-refractivity contribution in [2.45, 2.75) is 18.9 Å². The van der Waals surface area contributed by atoms with Crippen LogP contribution in [0.1, 0.15) is 22.5 Å². The van der Waals surface area contributed by atoms with E-state index in [2.05, 4.69) is 4.98 Å². The highest BCUT2D eigenvalue weighted by Crippen LogP contribution is 2.30. The number of carbonyl (C=O) groups excluding carboxylic acids is 1. The van der Waals surface area contributed by atoms with Crippen molar-refractivity contribution in [3.8, 4) is 0 Å². The zero-order chi connectivity index (χ0) is 13.7. The van der Waals surface area contributed by atoms with Gasteiger partial charge < -0.3 is 10.0 Å². The van der Waals surface area contributed by atoms with E-state index in [0.717, 1.165) is 34.7 Å². The Balaban J connectivity index is 1.73. The number of aliphatic hydroxyl groups excluding tert-OH is 1. The van der Waals surface area contributed by atoms with Crippen molar-refractivity contribution in [1.29, 1.82) is 0 Å². The molecule has 0 bridgehead atoms. The van der Waals surface area contributed by atoms with Crippen LogP contribution in [-0.2, 0) is 0 Å². The number of carbonyl (C=O) groups is 1. The second kappa shape index (κ2) is 4.54. The van der Waals surface area contributed by atoms with Crippen molar-refractivity contribution < 1.29 is 9.90 Å². The van der Waals surface area contributed by atoms with Crippen LogP contribution >= 0.6 is 22.7 Å². The molecule has 4 heterocycles. The predicted molar refractivity (Wildman–Crippen MR) is 79.6 cm³/mol. The molecule has 0 aromatic carbocycles. The fourth-order valence-electron chi connectivity index (χ4n) is 2.79. The third-order valence-electron chi connectivity index (χ3n) is 3.80. The van der Waals surface area contributed by atoms with Crippen molar-refractivity contribution in [3.05, 3.63) is 22.5 Å². The first-order valence-corrected chi connectivity index (χ1v) is 8.24. The molecule has 1 atom stereocenters. The van der Waals surface area contributed by atoms with E-state index in [1.165, 1.54) is 11.3 Å². The molecule has 5 nitrogen and oxygen atoms in total. The zero-order valence-electron chi connectivity index (χ0n) is 10.7. The lowest BCUT2D eigenvalue weighted by Crippen LogP contribution is -2.37. The summed E-state index contributed by atoms with van der Waals surface area (Å²) >= 11 is 3.03. The van der Waals surface area contributed by atoms with Gasteiger partial charge in [-0.25, -0.2) is 4.98 Å². The Labute approximate surface area is 123 Å². The first-order valence-electron chi connectivity index (χ1n) is 6.55. The Hall–Kier alpha value is -1.44. The van der Waals surface area contributed by atoms with Crippen LogP contribution in [-0.4, -0.2) is 44.5 Å². The average Bonchev–Trinajstić information content (AvgIpc) is 3.17. The molecule has 1 fully saturated rings. The van der Waals surface area contributed by atoms with Gasteiger partial charge in [0.05, 0.1) is 23.0 Å². The normalized spacial score (nSPS) is 19.4. The molecule has 0 spiro atoms. The number of aliphatic hydroxyl groups is 1. The van der Waals surface area contributed by atoms with E-state index in [4.69, 9.17) is 0 Å². The van der Waals surface area contributed by atoms with Gasteiger partial charge in [0.15, 0.2) is 4.96 Å². The number of imidazole rings is 1. The standard InChI is InChI=1S/C13H13N3O2S2/c17-7-8-2-1-3-15(8)12(18)10-6-9-11(20-10)14-13-16(9)4-5-19-13/h4-6,8,17H,1-3,7H2. The molecule has 1 aliphatic heterocycles. The van der Waals surface area contributed by atoms with Crippen LogP contribution in [0.15, 0.2) is 17.6 Å². The molecule has 1 aliphatic rings. The Morgan fingerprint density at radius 3 is 3.30 bits per heavy atom. The van der Waals surface area contributed by atoms with Crippen LogP contribution in [0.5, 0.6) is 0 Å². The minimum atomic E-state index is -0.0271. The monoisotopic (exact) mass is 307 g/mol. The topological polar surface area (TPSA) is 57.8 Å². The number of likely N-dealkylation sites (tertiary alicyclic amines) is 1. The molecule has 3 aromatic rings. The number of hydrogen-bond acceptors (Lipinski definition) is 5. The summed E-state index contributed by atoms with van der Waals surface area (Å²) < 4.78 is 2.01. The van der Waals surface area contributed by atoms with Gasteiger partial charge in [0.1, 0.15) is 4.83 Å². The van der Waals surface area contributed by atoms with Gasteiger partial charge in [-0.1, -0.05) is 0 Å². The van der Waals surface area contributed by atoms with Crippen LogP contribution < -0.4 is 0 Å². The summed E-state index contributed by atoms with van der Waals surface area (Å²) in [6.07, 6.45) is 3.83. The molecule has 0 aliphatic carbocycles. The first-order chi connectivity index (χ1) is 9.78. The molecule has 4 rings (SSSR count). The maximum atomic E-state index is 12.5. The van der Waals surface area contributed by atoms with Gasteiger partial charge in [0, 0.05) is 18.1 Å². The van der Waals surface area contributed by atoms with E-state index in [1.807, 2.05) is 22.0 Å². The fraction of sp³-hybridized carbons (Fsp3) is 0.385. The Morgan fingerprint density at radius 2 is 2.45 bits per heavy atom. The lowest BCUT2D eigenvalue weighted by molar-refractivity contribution is 0.0682. The van der Waals surface area contributed by atoms with Crippen LogP contribution in [0.2, 0.25) is 0 Å². The molecular formula is C13H13N3O2S2. The number of rotatable bonds is 2. The van der Waals surface area contributed by atoms with E-state index in [1.54, 1.807) is 16.2 Å². The van der Waals surface area contributed by atoms with E-state index < -0.39 is 0 Å². The number of thiophene rings is 1. The second-order valence-corrected chi connectivity index (χ2v) is 6.85. The third-order valence-corrected chi connectivity index (χ3v) is 5.56. The summed E-state index contributed by atoms with van der Waals surface area (Å²) in [7, 11) is 0. The molecule has 1 saturated heterocycles. The molecule has 0 saturated carbocycles. The summed E-state index contributed by atoms with van der Waals surface area (Å²) in [4.78, 5) is 21.4. The first kappa shape index (κ1) is 12.3. The Bertz CT molecular complexity index is 788. The smallest absolute Gasteiger partial charge is 0.264 e. The van der Waals surface area contributed by atoms with Gasteiger partial charge in [0.25, 0.3) is 5.91 Å². The van der Waals surface area contributed by atoms with Gasteiger partial charge in [-0.2, -0.15) is 0 Å². The van der Waals surface area contributed by atoms with Crippen molar-refractivity contribution in [2.24, 2.45) is 0 Å². The molecule has 104 valence electrons. The van der Waals surface area contributed by atoms with Crippen LogP contribution in [0, 0.1) is 0 Å². The summed E-state index contributed by atoms with van der Waals surface area (Å²) in [5.41, 5.74) is 0.995. The van der Waals surface area contributed by atoms with Crippen LogP contribution in [0.3, 0.4) is 0 Å². The molecule has 1 unspecified atom stereocenters. The van der Waals surface area contributed by atoms with E-state index >= 15 is 0 Å². The number of hydrogen-bond donors (Lipinski definition) is 1. The SMILES string of the molecule is O=C(c1cc2c(nc3sccn32)s1)N1CCCC1CO. The maximum Gasteiger partial charge on any atom is 0.264 e.